The third-order valence-electron chi connectivity index (χ3n) is 3.91. The molecule has 0 spiro atoms. The van der Waals surface area contributed by atoms with Crippen LogP contribution in [-0.4, -0.2) is 35.0 Å². The van der Waals surface area contributed by atoms with Crippen molar-refractivity contribution in [3.05, 3.63) is 39.4 Å². The number of hydrogen-bond donors (Lipinski definition) is 0. The molecule has 0 N–H and O–H groups in total. The van der Waals surface area contributed by atoms with Gasteiger partial charge in [0.2, 0.25) is 0 Å². The fraction of sp³-hybridized carbons (Fsp3) is 0.533. The minimum Gasteiger partial charge on any atom is -0.465 e. The first-order valence-corrected chi connectivity index (χ1v) is 7.18. The zero-order chi connectivity index (χ0) is 15.4. The molecule has 1 heterocycles. The van der Waals surface area contributed by atoms with Crippen LogP contribution in [0.1, 0.15) is 30.9 Å². The van der Waals surface area contributed by atoms with Gasteiger partial charge in [-0.05, 0) is 38.8 Å². The van der Waals surface area contributed by atoms with E-state index in [2.05, 4.69) is 0 Å². The van der Waals surface area contributed by atoms with Gasteiger partial charge in [0.15, 0.2) is 0 Å². The highest BCUT2D eigenvalue weighted by atomic mass is 16.6. The van der Waals surface area contributed by atoms with Crippen LogP contribution in [0, 0.1) is 17.0 Å². The molecule has 6 heteroatoms. The van der Waals surface area contributed by atoms with Gasteiger partial charge in [-0.2, -0.15) is 0 Å². The number of esters is 1. The quantitative estimate of drug-likeness (QED) is 0.473. The van der Waals surface area contributed by atoms with Crippen molar-refractivity contribution in [1.82, 2.24) is 4.90 Å². The topological polar surface area (TPSA) is 72.7 Å². The molecular weight excluding hydrogens is 272 g/mol. The molecular formula is C15H20N2O4. The number of hydrogen-bond acceptors (Lipinski definition) is 5. The lowest BCUT2D eigenvalue weighted by molar-refractivity contribution is -0.385. The van der Waals surface area contributed by atoms with Crippen LogP contribution in [-0.2, 0) is 16.1 Å². The Bertz CT molecular complexity index is 544. The lowest BCUT2D eigenvalue weighted by Crippen LogP contribution is -2.37. The summed E-state index contributed by atoms with van der Waals surface area (Å²) >= 11 is 0. The van der Waals surface area contributed by atoms with Crippen molar-refractivity contribution in [3.8, 4) is 0 Å². The number of nitro benzene ring substituents is 1. The molecule has 0 aliphatic carbocycles. The summed E-state index contributed by atoms with van der Waals surface area (Å²) in [6, 6.07) is 4.84. The molecule has 1 unspecified atom stereocenters. The van der Waals surface area contributed by atoms with E-state index in [4.69, 9.17) is 4.74 Å². The predicted octanol–water partition coefficient (Wildman–Crippen LogP) is 2.43. The van der Waals surface area contributed by atoms with E-state index in [1.807, 2.05) is 11.0 Å². The maximum atomic E-state index is 11.9. The van der Waals surface area contributed by atoms with Gasteiger partial charge in [0.25, 0.3) is 5.69 Å². The second kappa shape index (κ2) is 6.67. The monoisotopic (exact) mass is 292 g/mol. The van der Waals surface area contributed by atoms with Crippen LogP contribution in [0.2, 0.25) is 0 Å². The Balaban J connectivity index is 2.16. The van der Waals surface area contributed by atoms with Gasteiger partial charge in [0.05, 0.1) is 11.5 Å². The fourth-order valence-corrected chi connectivity index (χ4v) is 2.78. The van der Waals surface area contributed by atoms with Gasteiger partial charge in [0, 0.05) is 18.2 Å². The first-order chi connectivity index (χ1) is 10.0. The average molecular weight is 292 g/mol. The van der Waals surface area contributed by atoms with Crippen molar-refractivity contribution < 1.29 is 14.5 Å². The third-order valence-corrected chi connectivity index (χ3v) is 3.91. The Morgan fingerprint density at radius 2 is 2.29 bits per heavy atom. The van der Waals surface area contributed by atoms with Crippen LogP contribution in [0.3, 0.4) is 0 Å². The number of ether oxygens (including phenoxy) is 1. The van der Waals surface area contributed by atoms with E-state index in [0.29, 0.717) is 18.7 Å². The van der Waals surface area contributed by atoms with Gasteiger partial charge in [-0.1, -0.05) is 12.1 Å². The fourth-order valence-electron chi connectivity index (χ4n) is 2.78. The average Bonchev–Trinajstić information content (AvgIpc) is 2.89. The molecule has 0 aromatic heterocycles. The predicted molar refractivity (Wildman–Crippen MR) is 77.9 cm³/mol. The van der Waals surface area contributed by atoms with Crippen LogP contribution in [0.5, 0.6) is 0 Å². The minimum atomic E-state index is -0.369. The zero-order valence-electron chi connectivity index (χ0n) is 12.4. The van der Waals surface area contributed by atoms with Crippen LogP contribution in [0.15, 0.2) is 18.2 Å². The Hall–Kier alpha value is -1.95. The van der Waals surface area contributed by atoms with E-state index in [1.165, 1.54) is 6.07 Å². The molecule has 1 aliphatic rings. The highest BCUT2D eigenvalue weighted by Crippen LogP contribution is 2.26. The highest BCUT2D eigenvalue weighted by Gasteiger charge is 2.32. The Morgan fingerprint density at radius 1 is 1.52 bits per heavy atom. The lowest BCUT2D eigenvalue weighted by Gasteiger charge is -2.23. The van der Waals surface area contributed by atoms with Crippen molar-refractivity contribution in [3.63, 3.8) is 0 Å². The van der Waals surface area contributed by atoms with E-state index in [0.717, 1.165) is 24.9 Å². The van der Waals surface area contributed by atoms with E-state index in [1.54, 1.807) is 19.9 Å². The van der Waals surface area contributed by atoms with Crippen LogP contribution < -0.4 is 0 Å². The summed E-state index contributed by atoms with van der Waals surface area (Å²) < 4.78 is 5.10. The molecule has 0 amide bonds. The van der Waals surface area contributed by atoms with E-state index < -0.39 is 0 Å². The van der Waals surface area contributed by atoms with Crippen molar-refractivity contribution in [2.45, 2.75) is 39.3 Å². The molecule has 21 heavy (non-hydrogen) atoms. The van der Waals surface area contributed by atoms with E-state index in [-0.39, 0.29) is 22.6 Å². The van der Waals surface area contributed by atoms with Gasteiger partial charge in [-0.15, -0.1) is 0 Å². The van der Waals surface area contributed by atoms with Gasteiger partial charge >= 0.3 is 5.97 Å². The summed E-state index contributed by atoms with van der Waals surface area (Å²) in [6.45, 7) is 5.27. The maximum Gasteiger partial charge on any atom is 0.323 e. The molecule has 2 rings (SSSR count). The smallest absolute Gasteiger partial charge is 0.323 e. The Kier molecular flexibility index (Phi) is 4.90. The second-order valence-electron chi connectivity index (χ2n) is 5.20. The molecule has 1 aliphatic heterocycles. The number of carbonyl (C=O) groups excluding carboxylic acids is 1. The Morgan fingerprint density at radius 3 is 2.95 bits per heavy atom. The molecule has 1 atom stereocenters. The number of rotatable bonds is 5. The van der Waals surface area contributed by atoms with Crippen molar-refractivity contribution >= 4 is 11.7 Å². The standard InChI is InChI=1S/C15H20N2O4/c1-3-21-15(18)14-8-5-9-16(14)10-12-6-4-7-13(11(12)2)17(19)20/h4,6-7,14H,3,5,8-10H2,1-2H3. The van der Waals surface area contributed by atoms with Crippen molar-refractivity contribution in [1.29, 1.82) is 0 Å². The molecule has 1 saturated heterocycles. The summed E-state index contributed by atoms with van der Waals surface area (Å²) in [5.41, 5.74) is 1.68. The van der Waals surface area contributed by atoms with Crippen LogP contribution in [0.4, 0.5) is 5.69 Å². The first kappa shape index (κ1) is 15.4. The normalized spacial score (nSPS) is 18.7. The third kappa shape index (κ3) is 3.39. The number of nitro groups is 1. The molecule has 114 valence electrons. The second-order valence-corrected chi connectivity index (χ2v) is 5.20. The van der Waals surface area contributed by atoms with Gasteiger partial charge in [-0.3, -0.25) is 19.8 Å². The van der Waals surface area contributed by atoms with Crippen molar-refractivity contribution in [2.75, 3.05) is 13.2 Å². The van der Waals surface area contributed by atoms with E-state index >= 15 is 0 Å². The summed E-state index contributed by atoms with van der Waals surface area (Å²) in [5, 5.41) is 11.0. The maximum absolute atomic E-state index is 11.9. The summed E-state index contributed by atoms with van der Waals surface area (Å²) in [4.78, 5) is 24.6. The number of nitrogens with zero attached hydrogens (tertiary/aromatic N) is 2. The molecule has 1 fully saturated rings. The lowest BCUT2D eigenvalue weighted by atomic mass is 10.1. The van der Waals surface area contributed by atoms with E-state index in [9.17, 15) is 14.9 Å². The SMILES string of the molecule is CCOC(=O)C1CCCN1Cc1cccc([N+](=O)[O-])c1C. The largest absolute Gasteiger partial charge is 0.465 e. The zero-order valence-corrected chi connectivity index (χ0v) is 12.4. The molecule has 0 bridgehead atoms. The molecule has 1 aromatic carbocycles. The molecule has 6 nitrogen and oxygen atoms in total. The van der Waals surface area contributed by atoms with Crippen LogP contribution in [0.25, 0.3) is 0 Å². The Labute approximate surface area is 123 Å². The van der Waals surface area contributed by atoms with Gasteiger partial charge in [-0.25, -0.2) is 0 Å². The van der Waals surface area contributed by atoms with Gasteiger partial charge in [0.1, 0.15) is 6.04 Å². The van der Waals surface area contributed by atoms with Gasteiger partial charge < -0.3 is 4.74 Å². The first-order valence-electron chi connectivity index (χ1n) is 7.18. The number of benzene rings is 1. The summed E-state index contributed by atoms with van der Waals surface area (Å²) in [7, 11) is 0. The molecule has 0 radical (unpaired) electrons. The molecule has 0 saturated carbocycles. The molecule has 1 aromatic rings. The minimum absolute atomic E-state index is 0.124. The highest BCUT2D eigenvalue weighted by molar-refractivity contribution is 5.76. The number of carbonyl (C=O) groups is 1. The number of likely N-dealkylation sites (tertiary alicyclic amines) is 1. The van der Waals surface area contributed by atoms with Crippen molar-refractivity contribution in [2.24, 2.45) is 0 Å². The van der Waals surface area contributed by atoms with Crippen LogP contribution >= 0.6 is 0 Å². The summed E-state index contributed by atoms with van der Waals surface area (Å²) in [5.74, 6) is -0.196. The summed E-state index contributed by atoms with van der Waals surface area (Å²) in [6.07, 6.45) is 1.73.